The summed E-state index contributed by atoms with van der Waals surface area (Å²) >= 11 is 2.60. The molecule has 0 aliphatic carbocycles. The van der Waals surface area contributed by atoms with Gasteiger partial charge in [-0.15, -0.1) is 0 Å². The molecular formula is C15H14N4O4S2. The summed E-state index contributed by atoms with van der Waals surface area (Å²) in [6, 6.07) is -0.324. The molecule has 4 rings (SSSR count). The Bertz CT molecular complexity index is 892. The zero-order chi connectivity index (χ0) is 17.9. The van der Waals surface area contributed by atoms with E-state index in [-0.39, 0.29) is 23.6 Å². The number of rotatable bonds is 4. The van der Waals surface area contributed by atoms with Crippen LogP contribution in [0.3, 0.4) is 0 Å². The summed E-state index contributed by atoms with van der Waals surface area (Å²) in [6.07, 6.45) is 2.23. The van der Waals surface area contributed by atoms with E-state index in [2.05, 4.69) is 15.0 Å². The van der Waals surface area contributed by atoms with Crippen molar-refractivity contribution in [2.75, 3.05) is 0 Å². The number of carbonyl (C=O) groups excluding carboxylic acids is 1. The Labute approximate surface area is 150 Å². The maximum absolute atomic E-state index is 12.3. The van der Waals surface area contributed by atoms with Gasteiger partial charge in [0.2, 0.25) is 5.91 Å². The molecule has 0 bridgehead atoms. The Morgan fingerprint density at radius 1 is 1.48 bits per heavy atom. The lowest BCUT2D eigenvalue weighted by atomic mass is 9.79. The SMILES string of the molecule is CC(O)C1C(=O)N2C(C(=O)O)=C(Sc3nc4cncnc4s3)C(C)C12. The summed E-state index contributed by atoms with van der Waals surface area (Å²) in [7, 11) is 0. The molecule has 2 aromatic rings. The van der Waals surface area contributed by atoms with Gasteiger partial charge in [0.1, 0.15) is 22.4 Å². The van der Waals surface area contributed by atoms with Crippen molar-refractivity contribution in [1.29, 1.82) is 0 Å². The van der Waals surface area contributed by atoms with E-state index in [1.807, 2.05) is 6.92 Å². The van der Waals surface area contributed by atoms with Crippen molar-refractivity contribution >= 4 is 45.3 Å². The van der Waals surface area contributed by atoms with Gasteiger partial charge in [0, 0.05) is 10.8 Å². The van der Waals surface area contributed by atoms with E-state index in [1.54, 1.807) is 13.1 Å². The first-order valence-corrected chi connectivity index (χ1v) is 9.26. The molecule has 2 aromatic heterocycles. The highest BCUT2D eigenvalue weighted by Crippen LogP contribution is 2.52. The lowest BCUT2D eigenvalue weighted by Gasteiger charge is -2.46. The predicted molar refractivity (Wildman–Crippen MR) is 90.7 cm³/mol. The molecule has 10 heteroatoms. The first-order valence-electron chi connectivity index (χ1n) is 7.63. The number of aliphatic carboxylic acids is 1. The molecule has 2 aliphatic rings. The summed E-state index contributed by atoms with van der Waals surface area (Å²) in [5.74, 6) is -2.24. The van der Waals surface area contributed by atoms with Crippen molar-refractivity contribution in [3.8, 4) is 0 Å². The van der Waals surface area contributed by atoms with Crippen LogP contribution in [0, 0.1) is 11.8 Å². The molecule has 2 N–H and O–H groups in total. The van der Waals surface area contributed by atoms with Crippen molar-refractivity contribution in [1.82, 2.24) is 19.9 Å². The van der Waals surface area contributed by atoms with E-state index in [0.717, 1.165) is 4.83 Å². The van der Waals surface area contributed by atoms with Gasteiger partial charge < -0.3 is 15.1 Å². The number of nitrogens with zero attached hydrogens (tertiary/aromatic N) is 4. The van der Waals surface area contributed by atoms with Crippen LogP contribution in [0.4, 0.5) is 0 Å². The van der Waals surface area contributed by atoms with Crippen molar-refractivity contribution in [2.45, 2.75) is 30.3 Å². The number of β-lactam (4-membered cyclic amide) rings is 1. The maximum Gasteiger partial charge on any atom is 0.353 e. The number of fused-ring (bicyclic) bond motifs is 2. The van der Waals surface area contributed by atoms with Gasteiger partial charge in [0.15, 0.2) is 4.34 Å². The molecule has 1 saturated heterocycles. The van der Waals surface area contributed by atoms with Crippen LogP contribution < -0.4 is 0 Å². The largest absolute Gasteiger partial charge is 0.477 e. The fourth-order valence-electron chi connectivity index (χ4n) is 3.46. The second kappa shape index (κ2) is 5.75. The molecule has 25 heavy (non-hydrogen) atoms. The molecule has 0 aromatic carbocycles. The molecule has 2 aliphatic heterocycles. The van der Waals surface area contributed by atoms with Crippen LogP contribution in [0.1, 0.15) is 13.8 Å². The van der Waals surface area contributed by atoms with E-state index in [0.29, 0.717) is 14.8 Å². The van der Waals surface area contributed by atoms with Crippen molar-refractivity contribution < 1.29 is 19.8 Å². The highest BCUT2D eigenvalue weighted by Gasteiger charge is 2.60. The Morgan fingerprint density at radius 2 is 2.24 bits per heavy atom. The Kier molecular flexibility index (Phi) is 3.78. The van der Waals surface area contributed by atoms with Gasteiger partial charge in [-0.05, 0) is 6.92 Å². The summed E-state index contributed by atoms with van der Waals surface area (Å²) in [5, 5.41) is 19.5. The van der Waals surface area contributed by atoms with E-state index < -0.39 is 18.0 Å². The van der Waals surface area contributed by atoms with E-state index in [1.165, 1.54) is 34.3 Å². The first kappa shape index (κ1) is 16.4. The fraction of sp³-hybridized carbons (Fsp3) is 0.400. The lowest BCUT2D eigenvalue weighted by molar-refractivity contribution is -0.163. The summed E-state index contributed by atoms with van der Waals surface area (Å²) in [5.41, 5.74) is 0.647. The van der Waals surface area contributed by atoms with E-state index >= 15 is 0 Å². The number of amides is 1. The van der Waals surface area contributed by atoms with Gasteiger partial charge in [0.25, 0.3) is 0 Å². The number of hydrogen-bond donors (Lipinski definition) is 2. The molecule has 1 fully saturated rings. The molecule has 0 radical (unpaired) electrons. The second-order valence-electron chi connectivity index (χ2n) is 6.07. The Hall–Kier alpha value is -2.04. The number of thiazole rings is 1. The average Bonchev–Trinajstić information content (AvgIpc) is 3.05. The number of carboxylic acids is 1. The van der Waals surface area contributed by atoms with Crippen LogP contribution in [-0.4, -0.2) is 54.1 Å². The minimum absolute atomic E-state index is 0.00487. The van der Waals surface area contributed by atoms with Crippen molar-refractivity contribution in [2.24, 2.45) is 11.8 Å². The van der Waals surface area contributed by atoms with Crippen LogP contribution in [0.25, 0.3) is 10.3 Å². The zero-order valence-corrected chi connectivity index (χ0v) is 14.9. The number of aliphatic hydroxyl groups is 1. The summed E-state index contributed by atoms with van der Waals surface area (Å²) in [4.78, 5) is 39.2. The van der Waals surface area contributed by atoms with Gasteiger partial charge in [-0.3, -0.25) is 4.79 Å². The Balaban J connectivity index is 1.72. The summed E-state index contributed by atoms with van der Waals surface area (Å²) in [6.45, 7) is 3.44. The number of aliphatic hydroxyl groups excluding tert-OH is 1. The number of hydrogen-bond acceptors (Lipinski definition) is 8. The number of carboxylic acid groups (broad SMARTS) is 1. The van der Waals surface area contributed by atoms with Crippen LogP contribution >= 0.6 is 23.1 Å². The third-order valence-electron chi connectivity index (χ3n) is 4.56. The molecule has 4 unspecified atom stereocenters. The highest BCUT2D eigenvalue weighted by molar-refractivity contribution is 8.04. The minimum atomic E-state index is -1.14. The average molecular weight is 378 g/mol. The Morgan fingerprint density at radius 3 is 2.88 bits per heavy atom. The lowest BCUT2D eigenvalue weighted by Crippen LogP contribution is -2.63. The quantitative estimate of drug-likeness (QED) is 0.766. The number of carbonyl (C=O) groups is 2. The molecule has 0 spiro atoms. The van der Waals surface area contributed by atoms with E-state index in [9.17, 15) is 19.8 Å². The smallest absolute Gasteiger partial charge is 0.353 e. The predicted octanol–water partition coefficient (Wildman–Crippen LogP) is 1.33. The standard InChI is InChI=1S/C15H14N4O4S2/c1-5-9-8(6(2)20)13(21)19(9)10(14(22)23)11(5)24-15-18-7-3-16-4-17-12(7)25-15/h3-6,8-9,20H,1-2H3,(H,22,23). The first-order chi connectivity index (χ1) is 11.9. The molecule has 4 atom stereocenters. The molecule has 8 nitrogen and oxygen atoms in total. The topological polar surface area (TPSA) is 117 Å². The van der Waals surface area contributed by atoms with E-state index in [4.69, 9.17) is 0 Å². The monoisotopic (exact) mass is 378 g/mol. The second-order valence-corrected chi connectivity index (χ2v) is 8.33. The third kappa shape index (κ3) is 2.35. The number of thioether (sulfide) groups is 1. The molecule has 1 amide bonds. The van der Waals surface area contributed by atoms with Crippen LogP contribution in [0.2, 0.25) is 0 Å². The molecule has 4 heterocycles. The van der Waals surface area contributed by atoms with Gasteiger partial charge in [-0.1, -0.05) is 30.0 Å². The van der Waals surface area contributed by atoms with Crippen LogP contribution in [-0.2, 0) is 9.59 Å². The van der Waals surface area contributed by atoms with Crippen molar-refractivity contribution in [3.63, 3.8) is 0 Å². The van der Waals surface area contributed by atoms with Crippen LogP contribution in [0.5, 0.6) is 0 Å². The highest BCUT2D eigenvalue weighted by atomic mass is 32.2. The normalized spacial score (nSPS) is 26.8. The van der Waals surface area contributed by atoms with Gasteiger partial charge in [0.05, 0.1) is 24.3 Å². The number of aromatic nitrogens is 3. The fourth-order valence-corrected chi connectivity index (χ4v) is 5.69. The molecule has 0 saturated carbocycles. The van der Waals surface area contributed by atoms with Gasteiger partial charge >= 0.3 is 5.97 Å². The van der Waals surface area contributed by atoms with Crippen molar-refractivity contribution in [3.05, 3.63) is 23.1 Å². The maximum atomic E-state index is 12.3. The van der Waals surface area contributed by atoms with Crippen LogP contribution in [0.15, 0.2) is 27.5 Å². The molecular weight excluding hydrogens is 364 g/mol. The zero-order valence-electron chi connectivity index (χ0n) is 13.3. The molecule has 130 valence electrons. The summed E-state index contributed by atoms with van der Waals surface area (Å²) < 4.78 is 0.652. The minimum Gasteiger partial charge on any atom is -0.477 e. The van der Waals surface area contributed by atoms with Gasteiger partial charge in [-0.25, -0.2) is 19.7 Å². The van der Waals surface area contributed by atoms with Gasteiger partial charge in [-0.2, -0.15) is 0 Å². The third-order valence-corrected chi connectivity index (χ3v) is 6.89.